The van der Waals surface area contributed by atoms with Crippen LogP contribution < -0.4 is 4.90 Å². The number of aromatic nitrogens is 4. The second-order valence-corrected chi connectivity index (χ2v) is 7.33. The predicted molar refractivity (Wildman–Crippen MR) is 108 cm³/mol. The number of nitrogens with one attached hydrogen (secondary N) is 1. The van der Waals surface area contributed by atoms with Gasteiger partial charge >= 0.3 is 0 Å². The van der Waals surface area contributed by atoms with Crippen LogP contribution in [0.15, 0.2) is 48.5 Å². The third kappa shape index (κ3) is 2.93. The van der Waals surface area contributed by atoms with E-state index in [1.165, 1.54) is 0 Å². The average molecular weight is 396 g/mol. The second-order valence-electron chi connectivity index (χ2n) is 6.53. The van der Waals surface area contributed by atoms with Crippen molar-refractivity contribution in [3.05, 3.63) is 70.0 Å². The molecule has 7 heteroatoms. The highest BCUT2D eigenvalue weighted by molar-refractivity contribution is 6.32. The van der Waals surface area contributed by atoms with E-state index in [4.69, 9.17) is 28.2 Å². The molecule has 5 rings (SSSR count). The summed E-state index contributed by atoms with van der Waals surface area (Å²) >= 11 is 12.5. The fourth-order valence-electron chi connectivity index (χ4n) is 3.49. The normalized spacial score (nSPS) is 13.8. The fourth-order valence-corrected chi connectivity index (χ4v) is 3.87. The van der Waals surface area contributed by atoms with Gasteiger partial charge < -0.3 is 4.90 Å². The van der Waals surface area contributed by atoms with Gasteiger partial charge in [-0.25, -0.2) is 9.97 Å². The molecule has 0 saturated heterocycles. The maximum Gasteiger partial charge on any atom is 0.172 e. The maximum absolute atomic E-state index is 6.46. The van der Waals surface area contributed by atoms with Crippen molar-refractivity contribution < 1.29 is 0 Å². The van der Waals surface area contributed by atoms with E-state index in [-0.39, 0.29) is 0 Å². The van der Waals surface area contributed by atoms with Crippen molar-refractivity contribution in [3.63, 3.8) is 0 Å². The molecular weight excluding hydrogens is 381 g/mol. The number of H-pyrrole nitrogens is 1. The zero-order valence-electron chi connectivity index (χ0n) is 14.3. The Bertz CT molecular complexity index is 1140. The van der Waals surface area contributed by atoms with Gasteiger partial charge in [0.15, 0.2) is 11.0 Å². The number of hydrogen-bond acceptors (Lipinski definition) is 4. The molecule has 4 aromatic rings. The van der Waals surface area contributed by atoms with Crippen LogP contribution in [-0.4, -0.2) is 26.7 Å². The van der Waals surface area contributed by atoms with Crippen molar-refractivity contribution in [3.8, 4) is 11.3 Å². The second kappa shape index (κ2) is 6.51. The standard InChI is InChI=1S/C20H15Cl2N5/c21-13-7-5-12(6-8-13)18-14-11-27(10-9-15(14)25-26-18)20-19(22)23-16-3-1-2-4-17(16)24-20/h1-8H,9-11H2,(H,25,26). The zero-order valence-corrected chi connectivity index (χ0v) is 15.8. The van der Waals surface area contributed by atoms with Gasteiger partial charge in [-0.15, -0.1) is 0 Å². The molecule has 3 heterocycles. The summed E-state index contributed by atoms with van der Waals surface area (Å²) in [5.41, 5.74) is 5.93. The van der Waals surface area contributed by atoms with E-state index in [0.717, 1.165) is 46.5 Å². The van der Waals surface area contributed by atoms with E-state index in [9.17, 15) is 0 Å². The summed E-state index contributed by atoms with van der Waals surface area (Å²) in [6, 6.07) is 15.5. The minimum absolute atomic E-state index is 0.425. The number of anilines is 1. The average Bonchev–Trinajstić information content (AvgIpc) is 3.11. The molecule has 0 aliphatic carbocycles. The summed E-state index contributed by atoms with van der Waals surface area (Å²) in [5.74, 6) is 0.712. The van der Waals surface area contributed by atoms with Gasteiger partial charge in [-0.1, -0.05) is 47.5 Å². The lowest BCUT2D eigenvalue weighted by Crippen LogP contribution is -2.31. The first-order valence-electron chi connectivity index (χ1n) is 8.68. The topological polar surface area (TPSA) is 57.7 Å². The summed E-state index contributed by atoms with van der Waals surface area (Å²) in [7, 11) is 0. The molecule has 0 bridgehead atoms. The maximum atomic E-state index is 6.46. The molecule has 0 unspecified atom stereocenters. The highest BCUT2D eigenvalue weighted by Crippen LogP contribution is 2.33. The van der Waals surface area contributed by atoms with Crippen LogP contribution in [0.3, 0.4) is 0 Å². The Morgan fingerprint density at radius 3 is 2.44 bits per heavy atom. The van der Waals surface area contributed by atoms with Crippen LogP contribution in [0, 0.1) is 0 Å². The number of nitrogens with zero attached hydrogens (tertiary/aromatic N) is 4. The van der Waals surface area contributed by atoms with E-state index >= 15 is 0 Å². The lowest BCUT2D eigenvalue weighted by atomic mass is 10.0. The van der Waals surface area contributed by atoms with E-state index in [1.54, 1.807) is 0 Å². The Labute approximate surface area is 166 Å². The molecular formula is C20H15Cl2N5. The van der Waals surface area contributed by atoms with Crippen LogP contribution in [0.1, 0.15) is 11.3 Å². The molecule has 0 amide bonds. The minimum Gasteiger partial charge on any atom is -0.349 e. The number of para-hydroxylation sites is 2. The van der Waals surface area contributed by atoms with Crippen LogP contribution in [0.25, 0.3) is 22.3 Å². The number of rotatable bonds is 2. The summed E-state index contributed by atoms with van der Waals surface area (Å²) in [6.07, 6.45) is 0.848. The van der Waals surface area contributed by atoms with E-state index in [0.29, 0.717) is 22.5 Å². The largest absolute Gasteiger partial charge is 0.349 e. The first kappa shape index (κ1) is 16.5. The smallest absolute Gasteiger partial charge is 0.172 e. The van der Waals surface area contributed by atoms with Crippen LogP contribution >= 0.6 is 23.2 Å². The minimum atomic E-state index is 0.425. The monoisotopic (exact) mass is 395 g/mol. The Balaban J connectivity index is 1.54. The van der Waals surface area contributed by atoms with Gasteiger partial charge in [0.2, 0.25) is 0 Å². The SMILES string of the molecule is Clc1ccc(-c2n[nH]c3c2CN(c2nc4ccccc4nc2Cl)CC3)cc1. The van der Waals surface area contributed by atoms with Crippen molar-refractivity contribution in [2.45, 2.75) is 13.0 Å². The molecule has 1 aliphatic heterocycles. The molecule has 5 nitrogen and oxygen atoms in total. The lowest BCUT2D eigenvalue weighted by Gasteiger charge is -2.28. The molecule has 0 radical (unpaired) electrons. The Morgan fingerprint density at radius 2 is 1.67 bits per heavy atom. The van der Waals surface area contributed by atoms with Crippen molar-refractivity contribution in [1.29, 1.82) is 0 Å². The molecule has 134 valence electrons. The van der Waals surface area contributed by atoms with Gasteiger partial charge in [0.05, 0.1) is 16.7 Å². The summed E-state index contributed by atoms with van der Waals surface area (Å²) < 4.78 is 0. The number of fused-ring (bicyclic) bond motifs is 2. The third-order valence-electron chi connectivity index (χ3n) is 4.86. The van der Waals surface area contributed by atoms with Gasteiger partial charge in [-0.2, -0.15) is 5.10 Å². The van der Waals surface area contributed by atoms with Crippen molar-refractivity contribution >= 4 is 40.1 Å². The molecule has 1 aliphatic rings. The summed E-state index contributed by atoms with van der Waals surface area (Å²) in [4.78, 5) is 11.4. The summed E-state index contributed by atoms with van der Waals surface area (Å²) in [5, 5.41) is 8.85. The molecule has 1 N–H and O–H groups in total. The number of aromatic amines is 1. The number of benzene rings is 2. The molecule has 0 fully saturated rings. The van der Waals surface area contributed by atoms with E-state index < -0.39 is 0 Å². The summed E-state index contributed by atoms with van der Waals surface area (Å²) in [6.45, 7) is 1.48. The molecule has 2 aromatic heterocycles. The van der Waals surface area contributed by atoms with Gasteiger partial charge in [-0.05, 0) is 24.3 Å². The molecule has 27 heavy (non-hydrogen) atoms. The first-order chi connectivity index (χ1) is 13.2. The Morgan fingerprint density at radius 1 is 0.926 bits per heavy atom. The number of hydrogen-bond donors (Lipinski definition) is 1. The van der Waals surface area contributed by atoms with Gasteiger partial charge in [0.25, 0.3) is 0 Å². The number of halogens is 2. The molecule has 0 atom stereocenters. The van der Waals surface area contributed by atoms with Crippen molar-refractivity contribution in [2.24, 2.45) is 0 Å². The van der Waals surface area contributed by atoms with Gasteiger partial charge in [-0.3, -0.25) is 5.10 Å². The first-order valence-corrected chi connectivity index (χ1v) is 9.44. The molecule has 2 aromatic carbocycles. The highest BCUT2D eigenvalue weighted by atomic mass is 35.5. The molecule has 0 spiro atoms. The van der Waals surface area contributed by atoms with Gasteiger partial charge in [0.1, 0.15) is 0 Å². The highest BCUT2D eigenvalue weighted by Gasteiger charge is 2.25. The van der Waals surface area contributed by atoms with Crippen LogP contribution in [0.4, 0.5) is 5.82 Å². The molecule has 0 saturated carbocycles. The van der Waals surface area contributed by atoms with Crippen molar-refractivity contribution in [1.82, 2.24) is 20.2 Å². The zero-order chi connectivity index (χ0) is 18.4. The quantitative estimate of drug-likeness (QED) is 0.524. The lowest BCUT2D eigenvalue weighted by molar-refractivity contribution is 0.711. The predicted octanol–water partition coefficient (Wildman–Crippen LogP) is 4.89. The van der Waals surface area contributed by atoms with Crippen LogP contribution in [-0.2, 0) is 13.0 Å². The van der Waals surface area contributed by atoms with Crippen LogP contribution in [0.5, 0.6) is 0 Å². The van der Waals surface area contributed by atoms with Crippen LogP contribution in [0.2, 0.25) is 10.2 Å². The Kier molecular flexibility index (Phi) is 3.99. The third-order valence-corrected chi connectivity index (χ3v) is 5.37. The van der Waals surface area contributed by atoms with Crippen molar-refractivity contribution in [2.75, 3.05) is 11.4 Å². The fraction of sp³-hybridized carbons (Fsp3) is 0.150. The van der Waals surface area contributed by atoms with E-state index in [2.05, 4.69) is 20.1 Å². The Hall–Kier alpha value is -2.63. The van der Waals surface area contributed by atoms with Gasteiger partial charge in [0, 0.05) is 41.4 Å². The van der Waals surface area contributed by atoms with E-state index in [1.807, 2.05) is 48.5 Å².